The van der Waals surface area contributed by atoms with Gasteiger partial charge in [0.1, 0.15) is 17.5 Å². The second kappa shape index (κ2) is 17.6. The van der Waals surface area contributed by atoms with Crippen molar-refractivity contribution in [3.05, 3.63) is 99.2 Å². The van der Waals surface area contributed by atoms with Gasteiger partial charge in [0.2, 0.25) is 11.8 Å². The molecule has 1 aromatic carbocycles. The van der Waals surface area contributed by atoms with Crippen molar-refractivity contribution in [2.24, 2.45) is 13.0 Å². The van der Waals surface area contributed by atoms with Crippen LogP contribution in [0, 0.1) is 5.92 Å². The predicted octanol–water partition coefficient (Wildman–Crippen LogP) is 2.30. The molecule has 354 valence electrons. The monoisotopic (exact) mass is 923 g/mol. The number of rotatable bonds is 12. The molecule has 1 saturated carbocycles. The molecule has 68 heavy (non-hydrogen) atoms. The molecule has 11 rings (SSSR count). The van der Waals surface area contributed by atoms with Crippen LogP contribution in [0.5, 0.6) is 0 Å². The van der Waals surface area contributed by atoms with E-state index in [1.54, 1.807) is 43.1 Å². The first kappa shape index (κ1) is 43.7. The molecule has 20 nitrogen and oxygen atoms in total. The van der Waals surface area contributed by atoms with Crippen LogP contribution in [-0.2, 0) is 23.2 Å². The molecule has 0 spiro atoms. The van der Waals surface area contributed by atoms with E-state index < -0.39 is 11.9 Å². The number of carbonyl (C=O) groups excluding carboxylic acids is 3. The van der Waals surface area contributed by atoms with Crippen LogP contribution in [-0.4, -0.2) is 143 Å². The number of hydrogen-bond donors (Lipinski definition) is 4. The average molecular weight is 924 g/mol. The Labute approximate surface area is 391 Å². The van der Waals surface area contributed by atoms with Crippen LogP contribution in [0.4, 0.5) is 22.9 Å². The molecule has 4 N–H and O–H groups in total. The minimum Gasteiger partial charge on any atom is -0.385 e. The highest BCUT2D eigenvalue weighted by molar-refractivity contribution is 6.00. The number of nitrogens with zero attached hydrogens (tertiary/aromatic N) is 11. The van der Waals surface area contributed by atoms with Crippen molar-refractivity contribution in [3.63, 3.8) is 0 Å². The standard InChI is InChI=1S/C48H57N15O5/c1-29-21-35(29)53-46(66)40-25-51-44-36(49-2)23-41(55-63(40)44)52-34-5-4-14-61(47(34)67)42-10-6-30(24-50-42)26-57-15-12-31(13-16-57)60-27-33(28-60)59-19-17-58(18-20-59)32-7-8-37-39(22-32)56(3)48(68)62(37)38-9-11-43(64)54-45(38)65/h4-8,10,14,22-25,29,31,33,35,38,49H,9,11-13,15-21,26-28H2,1-3H3,(H,52,55)(H,53,66)(H,54,64,65)/t29-,35+,38?/m0/s1. The number of carbonyl (C=O) groups is 3. The molecule has 3 atom stereocenters. The summed E-state index contributed by atoms with van der Waals surface area (Å²) >= 11 is 0. The number of piperazine rings is 1. The van der Waals surface area contributed by atoms with Gasteiger partial charge in [-0.05, 0) is 86.7 Å². The molecule has 20 heteroatoms. The minimum absolute atomic E-state index is 0.157. The van der Waals surface area contributed by atoms with E-state index in [9.17, 15) is 24.0 Å². The molecular weight excluding hydrogens is 867 g/mol. The van der Waals surface area contributed by atoms with E-state index in [1.807, 2.05) is 30.5 Å². The van der Waals surface area contributed by atoms with Gasteiger partial charge in [-0.3, -0.25) is 52.9 Å². The summed E-state index contributed by atoms with van der Waals surface area (Å²) in [6, 6.07) is 15.8. The molecule has 1 unspecified atom stereocenters. The SMILES string of the molecule is CNc1cc(Nc2cccn(-c3ccc(CN4CCC(N5CC(N6CCN(c7ccc8c(c7)n(C)c(=O)n8C7CCC(=O)NC7=O)CC6)C5)CC4)cn3)c2=O)nn2c(C(=O)N[C@@H]3C[C@@H]3C)cnc12. The molecule has 5 fully saturated rings. The Bertz CT molecular complexity index is 3040. The van der Waals surface area contributed by atoms with Crippen molar-refractivity contribution >= 4 is 57.3 Å². The van der Waals surface area contributed by atoms with Gasteiger partial charge >= 0.3 is 5.69 Å². The van der Waals surface area contributed by atoms with Crippen LogP contribution in [0.15, 0.2) is 76.7 Å². The number of likely N-dealkylation sites (tertiary alicyclic amines) is 2. The van der Waals surface area contributed by atoms with Gasteiger partial charge in [-0.2, -0.15) is 0 Å². The lowest BCUT2D eigenvalue weighted by atomic mass is 9.96. The first-order valence-electron chi connectivity index (χ1n) is 23.8. The second-order valence-electron chi connectivity index (χ2n) is 19.1. The third-order valence-electron chi connectivity index (χ3n) is 14.8. The number of pyridine rings is 2. The Kier molecular flexibility index (Phi) is 11.3. The number of nitrogens with one attached hydrogen (secondary N) is 4. The zero-order valence-electron chi connectivity index (χ0n) is 38.6. The Hall–Kier alpha value is -6.90. The minimum atomic E-state index is -0.691. The van der Waals surface area contributed by atoms with Crippen molar-refractivity contribution in [1.29, 1.82) is 0 Å². The van der Waals surface area contributed by atoms with E-state index in [0.29, 0.717) is 64.3 Å². The number of hydrogen-bond acceptors (Lipinski definition) is 14. The summed E-state index contributed by atoms with van der Waals surface area (Å²) in [6.07, 6.45) is 8.83. The summed E-state index contributed by atoms with van der Waals surface area (Å²) in [5.41, 5.74) is 4.92. The van der Waals surface area contributed by atoms with Crippen LogP contribution in [0.3, 0.4) is 0 Å². The maximum Gasteiger partial charge on any atom is 0.329 e. The number of imidazole rings is 2. The van der Waals surface area contributed by atoms with Gasteiger partial charge in [0.15, 0.2) is 17.2 Å². The molecule has 4 aliphatic heterocycles. The summed E-state index contributed by atoms with van der Waals surface area (Å²) in [7, 11) is 3.51. The van der Waals surface area contributed by atoms with E-state index in [-0.39, 0.29) is 35.5 Å². The van der Waals surface area contributed by atoms with E-state index in [0.717, 1.165) is 94.9 Å². The van der Waals surface area contributed by atoms with Gasteiger partial charge in [-0.25, -0.2) is 19.3 Å². The zero-order valence-corrected chi connectivity index (χ0v) is 38.6. The van der Waals surface area contributed by atoms with Crippen molar-refractivity contribution < 1.29 is 14.4 Å². The Morgan fingerprint density at radius 2 is 1.65 bits per heavy atom. The highest BCUT2D eigenvalue weighted by Gasteiger charge is 2.39. The Morgan fingerprint density at radius 3 is 2.37 bits per heavy atom. The van der Waals surface area contributed by atoms with Crippen LogP contribution >= 0.6 is 0 Å². The molecule has 9 heterocycles. The fraction of sp³-hybridized carbons (Fsp3) is 0.458. The number of amides is 3. The predicted molar refractivity (Wildman–Crippen MR) is 257 cm³/mol. The van der Waals surface area contributed by atoms with Crippen molar-refractivity contribution in [1.82, 2.24) is 58.6 Å². The van der Waals surface area contributed by atoms with Crippen molar-refractivity contribution in [2.75, 3.05) is 74.9 Å². The molecule has 5 aliphatic rings. The largest absolute Gasteiger partial charge is 0.385 e. The molecule has 4 saturated heterocycles. The van der Waals surface area contributed by atoms with Crippen molar-refractivity contribution in [2.45, 2.75) is 69.7 Å². The van der Waals surface area contributed by atoms with E-state index in [4.69, 9.17) is 4.98 Å². The Balaban J connectivity index is 0.651. The quantitative estimate of drug-likeness (QED) is 0.130. The van der Waals surface area contributed by atoms with Crippen LogP contribution in [0.25, 0.3) is 22.5 Å². The van der Waals surface area contributed by atoms with E-state index in [2.05, 4.69) is 63.9 Å². The molecule has 0 bridgehead atoms. The lowest BCUT2D eigenvalue weighted by Gasteiger charge is -2.52. The van der Waals surface area contributed by atoms with E-state index >= 15 is 0 Å². The number of aryl methyl sites for hydroxylation is 1. The van der Waals surface area contributed by atoms with Gasteiger partial charge in [0.05, 0.1) is 22.9 Å². The fourth-order valence-electron chi connectivity index (χ4n) is 10.5. The first-order chi connectivity index (χ1) is 33.0. The highest BCUT2D eigenvalue weighted by Crippen LogP contribution is 2.31. The van der Waals surface area contributed by atoms with Crippen LogP contribution in [0.1, 0.15) is 61.1 Å². The van der Waals surface area contributed by atoms with Crippen LogP contribution in [0.2, 0.25) is 0 Å². The van der Waals surface area contributed by atoms with E-state index in [1.165, 1.54) is 19.8 Å². The van der Waals surface area contributed by atoms with Crippen molar-refractivity contribution in [3.8, 4) is 5.82 Å². The molecule has 3 amide bonds. The summed E-state index contributed by atoms with van der Waals surface area (Å²) in [5, 5.41) is 16.4. The number of imide groups is 1. The van der Waals surface area contributed by atoms with Gasteiger partial charge in [-0.1, -0.05) is 13.0 Å². The van der Waals surface area contributed by atoms with Crippen LogP contribution < -0.4 is 37.4 Å². The first-order valence-corrected chi connectivity index (χ1v) is 23.8. The summed E-state index contributed by atoms with van der Waals surface area (Å²) in [6.45, 7) is 10.9. The third-order valence-corrected chi connectivity index (χ3v) is 14.8. The van der Waals surface area contributed by atoms with Gasteiger partial charge in [-0.15, -0.1) is 5.10 Å². The number of piperidine rings is 2. The third kappa shape index (κ3) is 8.19. The number of fused-ring (bicyclic) bond motifs is 2. The molecule has 1 aliphatic carbocycles. The Morgan fingerprint density at radius 1 is 0.853 bits per heavy atom. The summed E-state index contributed by atoms with van der Waals surface area (Å²) < 4.78 is 6.15. The lowest BCUT2D eigenvalue weighted by Crippen LogP contribution is -2.65. The number of aromatic nitrogens is 7. The highest BCUT2D eigenvalue weighted by atomic mass is 16.2. The second-order valence-corrected chi connectivity index (χ2v) is 19.1. The smallest absolute Gasteiger partial charge is 0.329 e. The summed E-state index contributed by atoms with van der Waals surface area (Å²) in [5.74, 6) is 0.396. The summed E-state index contributed by atoms with van der Waals surface area (Å²) in [4.78, 5) is 83.8. The number of benzene rings is 1. The normalized spacial score (nSPS) is 22.1. The lowest BCUT2D eigenvalue weighted by molar-refractivity contribution is -0.135. The molecule has 6 aromatic rings. The van der Waals surface area contributed by atoms with Gasteiger partial charge < -0.3 is 20.9 Å². The van der Waals surface area contributed by atoms with Gasteiger partial charge in [0, 0.05) is 109 Å². The average Bonchev–Trinajstić information content (AvgIpc) is 3.74. The molecule has 5 aromatic heterocycles. The topological polar surface area (TPSA) is 204 Å². The molecular formula is C48H57N15O5. The maximum absolute atomic E-state index is 13.8. The number of anilines is 4. The zero-order chi connectivity index (χ0) is 46.8. The maximum atomic E-state index is 13.8. The fourth-order valence-corrected chi connectivity index (χ4v) is 10.5. The van der Waals surface area contributed by atoms with Gasteiger partial charge in [0.25, 0.3) is 11.5 Å². The molecule has 0 radical (unpaired) electrons.